The molecule has 2 amide bonds. The molecule has 0 atom stereocenters. The highest BCUT2D eigenvalue weighted by Crippen LogP contribution is 2.36. The normalized spacial score (nSPS) is 14.1. The molecule has 2 aromatic rings. The number of nitrogens with zero attached hydrogens (tertiary/aromatic N) is 2. The molecule has 0 fully saturated rings. The van der Waals surface area contributed by atoms with Gasteiger partial charge in [0.25, 0.3) is 5.91 Å². The summed E-state index contributed by atoms with van der Waals surface area (Å²) in [7, 11) is 0. The van der Waals surface area contributed by atoms with Crippen LogP contribution in [0.25, 0.3) is 0 Å². The molecule has 2 aromatic carbocycles. The van der Waals surface area contributed by atoms with Crippen LogP contribution in [0.5, 0.6) is 0 Å². The number of hydrogen-bond donors (Lipinski definition) is 0. The molecule has 24 heavy (non-hydrogen) atoms. The maximum atomic E-state index is 14.1. The van der Waals surface area contributed by atoms with Gasteiger partial charge in [-0.15, -0.1) is 0 Å². The Balaban J connectivity index is 2.11. The standard InChI is InChI=1S/C18H16ClFN2O2/c1-11(2)22-15-9-4-3-8-14(15)21(10-16(22)23)18(24)17-12(19)6-5-7-13(17)20/h3-9,11H,10H2,1-2H3. The van der Waals surface area contributed by atoms with Crippen LogP contribution in [-0.2, 0) is 4.79 Å². The fraction of sp³-hybridized carbons (Fsp3) is 0.222. The van der Waals surface area contributed by atoms with Gasteiger partial charge in [-0.3, -0.25) is 14.5 Å². The average Bonchev–Trinajstić information content (AvgIpc) is 2.53. The van der Waals surface area contributed by atoms with Gasteiger partial charge in [0.1, 0.15) is 12.4 Å². The van der Waals surface area contributed by atoms with Gasteiger partial charge in [0.15, 0.2) is 0 Å². The topological polar surface area (TPSA) is 40.6 Å². The van der Waals surface area contributed by atoms with E-state index in [0.29, 0.717) is 11.4 Å². The zero-order valence-corrected chi connectivity index (χ0v) is 14.0. The van der Waals surface area contributed by atoms with Gasteiger partial charge in [0, 0.05) is 6.04 Å². The number of carbonyl (C=O) groups is 2. The Morgan fingerprint density at radius 2 is 1.79 bits per heavy atom. The highest BCUT2D eigenvalue weighted by Gasteiger charge is 2.35. The Morgan fingerprint density at radius 1 is 1.12 bits per heavy atom. The zero-order chi connectivity index (χ0) is 17.4. The van der Waals surface area contributed by atoms with Crippen molar-refractivity contribution in [1.82, 2.24) is 0 Å². The fourth-order valence-electron chi connectivity index (χ4n) is 2.91. The van der Waals surface area contributed by atoms with Gasteiger partial charge >= 0.3 is 0 Å². The lowest BCUT2D eigenvalue weighted by Crippen LogP contribution is -2.50. The number of rotatable bonds is 2. The quantitative estimate of drug-likeness (QED) is 0.828. The van der Waals surface area contributed by atoms with Crippen molar-refractivity contribution in [3.8, 4) is 0 Å². The predicted octanol–water partition coefficient (Wildman–Crippen LogP) is 3.88. The van der Waals surface area contributed by atoms with Crippen molar-refractivity contribution >= 4 is 34.8 Å². The van der Waals surface area contributed by atoms with E-state index in [1.807, 2.05) is 13.8 Å². The summed E-state index contributed by atoms with van der Waals surface area (Å²) in [5.74, 6) is -1.55. The van der Waals surface area contributed by atoms with E-state index >= 15 is 0 Å². The minimum Gasteiger partial charge on any atom is -0.306 e. The smallest absolute Gasteiger partial charge is 0.263 e. The fourth-order valence-corrected chi connectivity index (χ4v) is 3.16. The summed E-state index contributed by atoms with van der Waals surface area (Å²) in [4.78, 5) is 28.3. The van der Waals surface area contributed by atoms with Gasteiger partial charge in [0.2, 0.25) is 5.91 Å². The van der Waals surface area contributed by atoms with Gasteiger partial charge in [-0.1, -0.05) is 29.8 Å². The molecule has 0 bridgehead atoms. The third-order valence-electron chi connectivity index (χ3n) is 3.93. The van der Waals surface area contributed by atoms with Gasteiger partial charge in [-0.2, -0.15) is 0 Å². The van der Waals surface area contributed by atoms with Crippen molar-refractivity contribution in [3.05, 3.63) is 58.9 Å². The molecule has 124 valence electrons. The van der Waals surface area contributed by atoms with E-state index in [1.165, 1.54) is 23.1 Å². The van der Waals surface area contributed by atoms with Crippen LogP contribution in [0.1, 0.15) is 24.2 Å². The summed E-state index contributed by atoms with van der Waals surface area (Å²) < 4.78 is 14.1. The molecular formula is C18H16ClFN2O2. The molecule has 4 nitrogen and oxygen atoms in total. The largest absolute Gasteiger partial charge is 0.306 e. The number of hydrogen-bond acceptors (Lipinski definition) is 2. The zero-order valence-electron chi connectivity index (χ0n) is 13.3. The van der Waals surface area contributed by atoms with Crippen molar-refractivity contribution in [1.29, 1.82) is 0 Å². The van der Waals surface area contributed by atoms with Crippen LogP contribution in [0, 0.1) is 5.82 Å². The Kier molecular flexibility index (Phi) is 4.28. The molecule has 1 heterocycles. The molecule has 0 aromatic heterocycles. The van der Waals surface area contributed by atoms with Crippen LogP contribution in [0.2, 0.25) is 5.02 Å². The Bertz CT molecular complexity index is 802. The second-order valence-electron chi connectivity index (χ2n) is 5.83. The number of halogens is 2. The van der Waals surface area contributed by atoms with Crippen molar-refractivity contribution in [2.75, 3.05) is 16.3 Å². The van der Waals surface area contributed by atoms with E-state index in [-0.39, 0.29) is 29.1 Å². The van der Waals surface area contributed by atoms with Crippen molar-refractivity contribution < 1.29 is 14.0 Å². The molecule has 0 unspecified atom stereocenters. The van der Waals surface area contributed by atoms with E-state index in [4.69, 9.17) is 11.6 Å². The van der Waals surface area contributed by atoms with Crippen LogP contribution < -0.4 is 9.80 Å². The molecule has 1 aliphatic heterocycles. The van der Waals surface area contributed by atoms with Gasteiger partial charge in [-0.25, -0.2) is 4.39 Å². The molecular weight excluding hydrogens is 331 g/mol. The third kappa shape index (κ3) is 2.65. The van der Waals surface area contributed by atoms with E-state index in [2.05, 4.69) is 0 Å². The van der Waals surface area contributed by atoms with E-state index in [0.717, 1.165) is 0 Å². The van der Waals surface area contributed by atoms with E-state index in [1.54, 1.807) is 29.2 Å². The first-order valence-corrected chi connectivity index (χ1v) is 7.96. The molecule has 0 aliphatic carbocycles. The monoisotopic (exact) mass is 346 g/mol. The number of para-hydroxylation sites is 2. The predicted molar refractivity (Wildman–Crippen MR) is 92.2 cm³/mol. The van der Waals surface area contributed by atoms with Crippen molar-refractivity contribution in [3.63, 3.8) is 0 Å². The van der Waals surface area contributed by atoms with Crippen LogP contribution in [0.3, 0.4) is 0 Å². The van der Waals surface area contributed by atoms with Gasteiger partial charge < -0.3 is 4.90 Å². The number of fused-ring (bicyclic) bond motifs is 1. The molecule has 0 N–H and O–H groups in total. The molecule has 0 spiro atoms. The molecule has 1 aliphatic rings. The third-order valence-corrected chi connectivity index (χ3v) is 4.25. The second kappa shape index (κ2) is 6.24. The number of benzene rings is 2. The summed E-state index contributed by atoms with van der Waals surface area (Å²) in [5.41, 5.74) is 0.972. The van der Waals surface area contributed by atoms with Gasteiger partial charge in [-0.05, 0) is 38.1 Å². The highest BCUT2D eigenvalue weighted by molar-refractivity contribution is 6.35. The first-order valence-electron chi connectivity index (χ1n) is 7.58. The SMILES string of the molecule is CC(C)N1C(=O)CN(C(=O)c2c(F)cccc2Cl)c2ccccc21. The molecule has 6 heteroatoms. The first-order chi connectivity index (χ1) is 11.4. The second-order valence-corrected chi connectivity index (χ2v) is 6.24. The lowest BCUT2D eigenvalue weighted by Gasteiger charge is -2.38. The van der Waals surface area contributed by atoms with Crippen LogP contribution in [0.15, 0.2) is 42.5 Å². The number of carbonyl (C=O) groups excluding carboxylic acids is 2. The lowest BCUT2D eigenvalue weighted by molar-refractivity contribution is -0.117. The lowest BCUT2D eigenvalue weighted by atomic mass is 10.1. The maximum Gasteiger partial charge on any atom is 0.263 e. The van der Waals surface area contributed by atoms with Crippen LogP contribution >= 0.6 is 11.6 Å². The maximum absolute atomic E-state index is 14.1. The number of amides is 2. The van der Waals surface area contributed by atoms with E-state index in [9.17, 15) is 14.0 Å². The minimum atomic E-state index is -0.705. The number of anilines is 2. The summed E-state index contributed by atoms with van der Waals surface area (Å²) in [6.07, 6.45) is 0. The first kappa shape index (κ1) is 16.5. The summed E-state index contributed by atoms with van der Waals surface area (Å²) in [6.45, 7) is 3.65. The summed E-state index contributed by atoms with van der Waals surface area (Å²) >= 11 is 6.00. The van der Waals surface area contributed by atoms with Gasteiger partial charge in [0.05, 0.1) is 22.0 Å². The average molecular weight is 347 g/mol. The Hall–Kier alpha value is -2.40. The van der Waals surface area contributed by atoms with Crippen LogP contribution in [0.4, 0.5) is 15.8 Å². The van der Waals surface area contributed by atoms with Crippen molar-refractivity contribution in [2.45, 2.75) is 19.9 Å². The summed E-state index contributed by atoms with van der Waals surface area (Å²) in [5, 5.41) is 0.0243. The van der Waals surface area contributed by atoms with Crippen molar-refractivity contribution in [2.24, 2.45) is 0 Å². The van der Waals surface area contributed by atoms with E-state index < -0.39 is 11.7 Å². The summed E-state index contributed by atoms with van der Waals surface area (Å²) in [6, 6.07) is 11.1. The Morgan fingerprint density at radius 3 is 2.42 bits per heavy atom. The molecule has 0 saturated carbocycles. The minimum absolute atomic E-state index is 0.0243. The van der Waals surface area contributed by atoms with Crippen LogP contribution in [-0.4, -0.2) is 24.4 Å². The molecule has 0 saturated heterocycles. The molecule has 0 radical (unpaired) electrons. The Labute approximate surface area is 144 Å². The molecule has 3 rings (SSSR count). The highest BCUT2D eigenvalue weighted by atomic mass is 35.5.